The zero-order valence-corrected chi connectivity index (χ0v) is 11.4. The molecule has 0 N–H and O–H groups in total. The van der Waals surface area contributed by atoms with Gasteiger partial charge in [0.1, 0.15) is 5.70 Å². The molecule has 0 radical (unpaired) electrons. The molecule has 0 bridgehead atoms. The summed E-state index contributed by atoms with van der Waals surface area (Å²) >= 11 is 0. The van der Waals surface area contributed by atoms with Crippen molar-refractivity contribution in [1.82, 2.24) is 0 Å². The molecular weight excluding hydrogens is 248 g/mol. The first-order chi connectivity index (χ1) is 8.95. The molecule has 104 valence electrons. The molecule has 1 aromatic carbocycles. The van der Waals surface area contributed by atoms with Gasteiger partial charge in [0.2, 0.25) is 0 Å². The van der Waals surface area contributed by atoms with Gasteiger partial charge in [0, 0.05) is 6.54 Å². The SMILES string of the molecule is C=C1N(CCCCC)c2cc(C)ccc2OC1(F)F. The number of hydrogen-bond acceptors (Lipinski definition) is 2. The summed E-state index contributed by atoms with van der Waals surface area (Å²) in [4.78, 5) is 1.58. The fourth-order valence-corrected chi connectivity index (χ4v) is 2.20. The van der Waals surface area contributed by atoms with Crippen LogP contribution in [0.25, 0.3) is 0 Å². The second-order valence-corrected chi connectivity index (χ2v) is 4.90. The van der Waals surface area contributed by atoms with E-state index in [0.29, 0.717) is 12.2 Å². The average molecular weight is 267 g/mol. The fraction of sp³-hybridized carbons (Fsp3) is 0.467. The van der Waals surface area contributed by atoms with Gasteiger partial charge in [0.25, 0.3) is 0 Å². The molecule has 0 atom stereocenters. The molecule has 2 rings (SSSR count). The van der Waals surface area contributed by atoms with Gasteiger partial charge in [0.15, 0.2) is 5.75 Å². The van der Waals surface area contributed by atoms with E-state index in [1.165, 1.54) is 0 Å². The maximum absolute atomic E-state index is 13.8. The largest absolute Gasteiger partial charge is 0.441 e. The first-order valence-corrected chi connectivity index (χ1v) is 6.60. The van der Waals surface area contributed by atoms with E-state index < -0.39 is 6.11 Å². The van der Waals surface area contributed by atoms with Crippen molar-refractivity contribution < 1.29 is 13.5 Å². The second-order valence-electron chi connectivity index (χ2n) is 4.90. The number of hydrogen-bond donors (Lipinski definition) is 0. The molecule has 0 saturated heterocycles. The predicted octanol–water partition coefficient (Wildman–Crippen LogP) is 4.49. The van der Waals surface area contributed by atoms with Crippen molar-refractivity contribution in [1.29, 1.82) is 0 Å². The van der Waals surface area contributed by atoms with Crippen molar-refractivity contribution >= 4 is 5.69 Å². The Balaban J connectivity index is 2.33. The van der Waals surface area contributed by atoms with Crippen LogP contribution in [0.1, 0.15) is 31.7 Å². The Bertz CT molecular complexity index is 485. The Morgan fingerprint density at radius 1 is 1.32 bits per heavy atom. The Morgan fingerprint density at radius 2 is 2.05 bits per heavy atom. The van der Waals surface area contributed by atoms with Gasteiger partial charge in [-0.1, -0.05) is 32.4 Å². The third-order valence-corrected chi connectivity index (χ3v) is 3.29. The minimum absolute atomic E-state index is 0.222. The molecular formula is C15H19F2NO. The van der Waals surface area contributed by atoms with E-state index in [0.717, 1.165) is 24.8 Å². The molecule has 0 amide bonds. The second kappa shape index (κ2) is 5.19. The standard InChI is InChI=1S/C15H19F2NO/c1-4-5-6-9-18-12(3)15(16,17)19-14-8-7-11(2)10-13(14)18/h7-8,10H,3-6,9H2,1-2H3. The Hall–Kier alpha value is -1.58. The molecule has 0 aromatic heterocycles. The molecule has 1 heterocycles. The van der Waals surface area contributed by atoms with Crippen LogP contribution in [-0.4, -0.2) is 12.7 Å². The van der Waals surface area contributed by atoms with Gasteiger partial charge in [0.05, 0.1) is 5.69 Å². The van der Waals surface area contributed by atoms with Gasteiger partial charge in [-0.05, 0) is 31.0 Å². The van der Waals surface area contributed by atoms with Crippen LogP contribution in [0, 0.1) is 6.92 Å². The summed E-state index contributed by atoms with van der Waals surface area (Å²) in [5.74, 6) is 0.222. The van der Waals surface area contributed by atoms with Crippen LogP contribution in [0.4, 0.5) is 14.5 Å². The van der Waals surface area contributed by atoms with Crippen LogP contribution in [0.3, 0.4) is 0 Å². The molecule has 0 aliphatic carbocycles. The molecule has 19 heavy (non-hydrogen) atoms. The highest BCUT2D eigenvalue weighted by molar-refractivity contribution is 5.66. The van der Waals surface area contributed by atoms with E-state index in [4.69, 9.17) is 4.74 Å². The molecule has 1 aliphatic heterocycles. The van der Waals surface area contributed by atoms with E-state index in [1.54, 1.807) is 17.0 Å². The third-order valence-electron chi connectivity index (χ3n) is 3.29. The fourth-order valence-electron chi connectivity index (χ4n) is 2.20. The number of halogens is 2. The lowest BCUT2D eigenvalue weighted by molar-refractivity contribution is -0.147. The summed E-state index contributed by atoms with van der Waals surface area (Å²) in [7, 11) is 0. The van der Waals surface area contributed by atoms with Gasteiger partial charge in [-0.25, -0.2) is 0 Å². The smallest absolute Gasteiger partial charge is 0.426 e. The van der Waals surface area contributed by atoms with E-state index in [-0.39, 0.29) is 11.4 Å². The van der Waals surface area contributed by atoms with E-state index in [2.05, 4.69) is 13.5 Å². The summed E-state index contributed by atoms with van der Waals surface area (Å²) in [6.07, 6.45) is -0.404. The van der Waals surface area contributed by atoms with Gasteiger partial charge in [-0.2, -0.15) is 8.78 Å². The number of aryl methyl sites for hydroxylation is 1. The lowest BCUT2D eigenvalue weighted by Gasteiger charge is -2.37. The normalized spacial score (nSPS) is 17.1. The van der Waals surface area contributed by atoms with Crippen molar-refractivity contribution in [2.75, 3.05) is 11.4 Å². The topological polar surface area (TPSA) is 12.5 Å². The molecule has 1 aromatic rings. The zero-order chi connectivity index (χ0) is 14.0. The highest BCUT2D eigenvalue weighted by Crippen LogP contribution is 2.43. The van der Waals surface area contributed by atoms with Crippen molar-refractivity contribution in [2.45, 2.75) is 39.2 Å². The van der Waals surface area contributed by atoms with Crippen LogP contribution in [-0.2, 0) is 0 Å². The number of rotatable bonds is 4. The molecule has 0 unspecified atom stereocenters. The molecule has 1 aliphatic rings. The quantitative estimate of drug-likeness (QED) is 0.745. The number of fused-ring (bicyclic) bond motifs is 1. The summed E-state index contributed by atoms with van der Waals surface area (Å²) < 4.78 is 32.3. The third kappa shape index (κ3) is 2.72. The molecule has 0 spiro atoms. The van der Waals surface area contributed by atoms with Crippen molar-refractivity contribution in [3.8, 4) is 5.75 Å². The summed E-state index contributed by atoms with van der Waals surface area (Å²) in [5.41, 5.74) is 1.43. The number of nitrogens with zero attached hydrogens (tertiary/aromatic N) is 1. The van der Waals surface area contributed by atoms with Crippen LogP contribution in [0.5, 0.6) is 5.75 Å². The molecule has 4 heteroatoms. The Labute approximate surface area is 112 Å². The lowest BCUT2D eigenvalue weighted by Crippen LogP contribution is -2.42. The number of alkyl halides is 2. The van der Waals surface area contributed by atoms with Crippen LogP contribution >= 0.6 is 0 Å². The van der Waals surface area contributed by atoms with Crippen molar-refractivity contribution in [2.24, 2.45) is 0 Å². The van der Waals surface area contributed by atoms with Crippen LogP contribution in [0.2, 0.25) is 0 Å². The van der Waals surface area contributed by atoms with E-state index in [9.17, 15) is 8.78 Å². The molecule has 0 fully saturated rings. The Morgan fingerprint density at radius 3 is 2.74 bits per heavy atom. The van der Waals surface area contributed by atoms with E-state index >= 15 is 0 Å². The maximum Gasteiger partial charge on any atom is 0.441 e. The maximum atomic E-state index is 13.8. The van der Waals surface area contributed by atoms with Crippen molar-refractivity contribution in [3.63, 3.8) is 0 Å². The molecule has 2 nitrogen and oxygen atoms in total. The lowest BCUT2D eigenvalue weighted by atomic mass is 10.1. The zero-order valence-electron chi connectivity index (χ0n) is 11.4. The predicted molar refractivity (Wildman–Crippen MR) is 72.8 cm³/mol. The monoisotopic (exact) mass is 267 g/mol. The van der Waals surface area contributed by atoms with Crippen LogP contribution < -0.4 is 9.64 Å². The van der Waals surface area contributed by atoms with Gasteiger partial charge in [-0.15, -0.1) is 0 Å². The van der Waals surface area contributed by atoms with E-state index in [1.807, 2.05) is 13.0 Å². The Kier molecular flexibility index (Phi) is 3.78. The number of benzene rings is 1. The molecule has 0 saturated carbocycles. The minimum atomic E-state index is -3.32. The summed E-state index contributed by atoms with van der Waals surface area (Å²) in [5, 5.41) is 0. The number of anilines is 1. The van der Waals surface area contributed by atoms with Gasteiger partial charge >= 0.3 is 6.11 Å². The van der Waals surface area contributed by atoms with Gasteiger partial charge in [-0.3, -0.25) is 0 Å². The van der Waals surface area contributed by atoms with Gasteiger partial charge < -0.3 is 9.64 Å². The highest BCUT2D eigenvalue weighted by Gasteiger charge is 2.44. The number of unbranched alkanes of at least 4 members (excludes halogenated alkanes) is 2. The number of ether oxygens (including phenoxy) is 1. The summed E-state index contributed by atoms with van der Waals surface area (Å²) in [6, 6.07) is 5.23. The summed E-state index contributed by atoms with van der Waals surface area (Å²) in [6.45, 7) is 8.07. The average Bonchev–Trinajstić information content (AvgIpc) is 2.35. The first-order valence-electron chi connectivity index (χ1n) is 6.60. The first kappa shape index (κ1) is 13.8. The van der Waals surface area contributed by atoms with Crippen molar-refractivity contribution in [3.05, 3.63) is 36.0 Å². The highest BCUT2D eigenvalue weighted by atomic mass is 19.3. The minimum Gasteiger partial charge on any atom is -0.426 e. The van der Waals surface area contributed by atoms with Crippen LogP contribution in [0.15, 0.2) is 30.5 Å².